The summed E-state index contributed by atoms with van der Waals surface area (Å²) in [6.45, 7) is 4.64. The summed E-state index contributed by atoms with van der Waals surface area (Å²) in [6, 6.07) is 2.15. The molecule has 1 amide bonds. The molecule has 0 saturated heterocycles. The first-order chi connectivity index (χ1) is 8.77. The number of amides is 1. The molecular weight excluding hydrogens is 248 g/mol. The van der Waals surface area contributed by atoms with Gasteiger partial charge in [0, 0.05) is 31.7 Å². The van der Waals surface area contributed by atoms with Crippen LogP contribution in [0.3, 0.4) is 0 Å². The van der Waals surface area contributed by atoms with Crippen molar-refractivity contribution in [2.45, 2.75) is 26.3 Å². The molecule has 2 N–H and O–H groups in total. The molecule has 5 heteroatoms. The van der Waals surface area contributed by atoms with Crippen LogP contribution < -0.4 is 10.6 Å². The number of methoxy groups -OCH3 is 1. The number of carbonyl (C=O) groups excluding carboxylic acids is 1. The molecule has 0 aliphatic carbocycles. The van der Waals surface area contributed by atoms with Crippen molar-refractivity contribution < 1.29 is 9.53 Å². The Labute approximate surface area is 113 Å². The Morgan fingerprint density at radius 1 is 1.50 bits per heavy atom. The Morgan fingerprint density at radius 3 is 3.06 bits per heavy atom. The molecule has 18 heavy (non-hydrogen) atoms. The third-order valence-corrected chi connectivity index (χ3v) is 3.60. The van der Waals surface area contributed by atoms with Crippen LogP contribution in [-0.2, 0) is 22.5 Å². The van der Waals surface area contributed by atoms with Gasteiger partial charge < -0.3 is 15.4 Å². The van der Waals surface area contributed by atoms with Crippen LogP contribution in [0.15, 0.2) is 11.4 Å². The van der Waals surface area contributed by atoms with Gasteiger partial charge in [-0.3, -0.25) is 4.79 Å². The highest BCUT2D eigenvalue weighted by atomic mass is 32.1. The Balaban J connectivity index is 2.12. The predicted molar refractivity (Wildman–Crippen MR) is 74.9 cm³/mol. The van der Waals surface area contributed by atoms with Gasteiger partial charge in [-0.05, 0) is 29.9 Å². The predicted octanol–water partition coefficient (Wildman–Crippen LogP) is 1.55. The molecule has 1 heterocycles. The van der Waals surface area contributed by atoms with E-state index < -0.39 is 0 Å². The van der Waals surface area contributed by atoms with Crippen molar-refractivity contribution in [2.75, 3.05) is 26.8 Å². The maximum atomic E-state index is 11.5. The highest BCUT2D eigenvalue weighted by molar-refractivity contribution is 7.10. The second-order valence-electron chi connectivity index (χ2n) is 4.02. The molecule has 0 fully saturated rings. The minimum absolute atomic E-state index is 0.0423. The SMILES string of the molecule is CCc1ccsc1CNCC(=O)NCCCOC. The average Bonchev–Trinajstić information content (AvgIpc) is 2.82. The maximum absolute atomic E-state index is 11.5. The molecule has 4 nitrogen and oxygen atoms in total. The fourth-order valence-electron chi connectivity index (χ4n) is 1.63. The van der Waals surface area contributed by atoms with Crippen molar-refractivity contribution in [1.82, 2.24) is 10.6 Å². The molecule has 0 saturated carbocycles. The average molecular weight is 270 g/mol. The van der Waals surface area contributed by atoms with Gasteiger partial charge in [0.2, 0.25) is 5.91 Å². The second-order valence-corrected chi connectivity index (χ2v) is 5.02. The van der Waals surface area contributed by atoms with Crippen molar-refractivity contribution in [3.8, 4) is 0 Å². The minimum Gasteiger partial charge on any atom is -0.385 e. The Hall–Kier alpha value is -0.910. The summed E-state index contributed by atoms with van der Waals surface area (Å²) < 4.78 is 4.91. The van der Waals surface area contributed by atoms with E-state index in [0.29, 0.717) is 19.7 Å². The molecule has 0 aliphatic rings. The van der Waals surface area contributed by atoms with Crippen LogP contribution in [0, 0.1) is 0 Å². The van der Waals surface area contributed by atoms with Gasteiger partial charge in [0.05, 0.1) is 6.54 Å². The molecule has 0 spiro atoms. The van der Waals surface area contributed by atoms with Crippen LogP contribution in [0.5, 0.6) is 0 Å². The largest absolute Gasteiger partial charge is 0.385 e. The number of hydrogen-bond donors (Lipinski definition) is 2. The van der Waals surface area contributed by atoms with Gasteiger partial charge in [-0.2, -0.15) is 0 Å². The van der Waals surface area contributed by atoms with E-state index in [4.69, 9.17) is 4.74 Å². The first-order valence-corrected chi connectivity index (χ1v) is 7.17. The van der Waals surface area contributed by atoms with Gasteiger partial charge in [0.1, 0.15) is 0 Å². The summed E-state index contributed by atoms with van der Waals surface area (Å²) in [4.78, 5) is 12.8. The number of nitrogens with one attached hydrogen (secondary N) is 2. The summed E-state index contributed by atoms with van der Waals surface area (Å²) in [6.07, 6.45) is 1.90. The molecule has 1 aromatic heterocycles. The lowest BCUT2D eigenvalue weighted by Crippen LogP contribution is -2.34. The lowest BCUT2D eigenvalue weighted by Gasteiger charge is -2.06. The van der Waals surface area contributed by atoms with Gasteiger partial charge in [-0.15, -0.1) is 11.3 Å². The summed E-state index contributed by atoms with van der Waals surface area (Å²) in [5.41, 5.74) is 1.37. The van der Waals surface area contributed by atoms with E-state index in [1.54, 1.807) is 18.4 Å². The zero-order valence-corrected chi connectivity index (χ0v) is 11.9. The number of ether oxygens (including phenoxy) is 1. The molecule has 0 atom stereocenters. The quantitative estimate of drug-likeness (QED) is 0.669. The van der Waals surface area contributed by atoms with Gasteiger partial charge in [0.25, 0.3) is 0 Å². The molecule has 0 bridgehead atoms. The van der Waals surface area contributed by atoms with Crippen molar-refractivity contribution in [3.05, 3.63) is 21.9 Å². The first-order valence-electron chi connectivity index (χ1n) is 6.29. The second kappa shape index (κ2) is 9.08. The summed E-state index contributed by atoms with van der Waals surface area (Å²) in [5, 5.41) is 8.12. The first kappa shape index (κ1) is 15.1. The standard InChI is InChI=1S/C13H22N2O2S/c1-3-11-5-8-18-12(11)9-14-10-13(16)15-6-4-7-17-2/h5,8,14H,3-4,6-7,9-10H2,1-2H3,(H,15,16). The van der Waals surface area contributed by atoms with Crippen LogP contribution in [0.25, 0.3) is 0 Å². The highest BCUT2D eigenvalue weighted by Gasteiger charge is 2.03. The molecule has 0 aromatic carbocycles. The summed E-state index contributed by atoms with van der Waals surface area (Å²) >= 11 is 1.74. The molecule has 102 valence electrons. The molecule has 1 aromatic rings. The molecular formula is C13H22N2O2S. The number of hydrogen-bond acceptors (Lipinski definition) is 4. The molecule has 0 aliphatic heterocycles. The zero-order chi connectivity index (χ0) is 13.2. The van der Waals surface area contributed by atoms with Crippen LogP contribution in [0.1, 0.15) is 23.8 Å². The Kier molecular flexibility index (Phi) is 7.64. The van der Waals surface area contributed by atoms with Crippen LogP contribution in [0.2, 0.25) is 0 Å². The van der Waals surface area contributed by atoms with Crippen molar-refractivity contribution in [3.63, 3.8) is 0 Å². The van der Waals surface area contributed by atoms with Gasteiger partial charge >= 0.3 is 0 Å². The van der Waals surface area contributed by atoms with E-state index in [-0.39, 0.29) is 5.91 Å². The van der Waals surface area contributed by atoms with Gasteiger partial charge in [-0.1, -0.05) is 6.92 Å². The lowest BCUT2D eigenvalue weighted by atomic mass is 10.2. The topological polar surface area (TPSA) is 50.4 Å². The van der Waals surface area contributed by atoms with Crippen LogP contribution >= 0.6 is 11.3 Å². The van der Waals surface area contributed by atoms with Crippen LogP contribution in [-0.4, -0.2) is 32.7 Å². The summed E-state index contributed by atoms with van der Waals surface area (Å²) in [5.74, 6) is 0.0423. The minimum atomic E-state index is 0.0423. The van der Waals surface area contributed by atoms with E-state index in [1.807, 2.05) is 0 Å². The Morgan fingerprint density at radius 2 is 2.33 bits per heavy atom. The molecule has 0 radical (unpaired) electrons. The molecule has 1 rings (SSSR count). The number of thiophene rings is 1. The Bertz CT molecular complexity index is 353. The fourth-order valence-corrected chi connectivity index (χ4v) is 2.58. The van der Waals surface area contributed by atoms with Crippen molar-refractivity contribution in [1.29, 1.82) is 0 Å². The van der Waals surface area contributed by atoms with Crippen LogP contribution in [0.4, 0.5) is 0 Å². The zero-order valence-electron chi connectivity index (χ0n) is 11.1. The van der Waals surface area contributed by atoms with E-state index in [9.17, 15) is 4.79 Å². The van der Waals surface area contributed by atoms with Crippen molar-refractivity contribution >= 4 is 17.2 Å². The number of aryl methyl sites for hydroxylation is 1. The third-order valence-electron chi connectivity index (χ3n) is 2.64. The maximum Gasteiger partial charge on any atom is 0.233 e. The van der Waals surface area contributed by atoms with Gasteiger partial charge in [0.15, 0.2) is 0 Å². The number of rotatable bonds is 9. The summed E-state index contributed by atoms with van der Waals surface area (Å²) in [7, 11) is 1.66. The fraction of sp³-hybridized carbons (Fsp3) is 0.615. The van der Waals surface area contributed by atoms with E-state index in [0.717, 1.165) is 19.4 Å². The third kappa shape index (κ3) is 5.62. The van der Waals surface area contributed by atoms with E-state index in [1.165, 1.54) is 10.4 Å². The normalized spacial score (nSPS) is 10.6. The van der Waals surface area contributed by atoms with E-state index in [2.05, 4.69) is 29.0 Å². The van der Waals surface area contributed by atoms with Crippen molar-refractivity contribution in [2.24, 2.45) is 0 Å². The lowest BCUT2D eigenvalue weighted by molar-refractivity contribution is -0.120. The monoisotopic (exact) mass is 270 g/mol. The van der Waals surface area contributed by atoms with E-state index >= 15 is 0 Å². The highest BCUT2D eigenvalue weighted by Crippen LogP contribution is 2.16. The number of carbonyl (C=O) groups is 1. The van der Waals surface area contributed by atoms with Gasteiger partial charge in [-0.25, -0.2) is 0 Å². The smallest absolute Gasteiger partial charge is 0.233 e. The molecule has 0 unspecified atom stereocenters.